The Morgan fingerprint density at radius 1 is 1.79 bits per heavy atom. The Morgan fingerprint density at radius 2 is 2.50 bits per heavy atom. The predicted octanol–water partition coefficient (Wildman–Crippen LogP) is 1.05. The van der Waals surface area contributed by atoms with Crippen molar-refractivity contribution in [2.75, 3.05) is 7.05 Å². The van der Waals surface area contributed by atoms with E-state index in [2.05, 4.69) is 5.38 Å². The van der Waals surface area contributed by atoms with Gasteiger partial charge in [-0.25, -0.2) is 0 Å². The highest BCUT2D eigenvalue weighted by atomic mass is 32.1. The van der Waals surface area contributed by atoms with E-state index in [1.54, 1.807) is 16.2 Å². The fourth-order valence-corrected chi connectivity index (χ4v) is 2.18. The molecule has 1 aromatic rings. The summed E-state index contributed by atoms with van der Waals surface area (Å²) in [7, 11) is 1.84. The summed E-state index contributed by atoms with van der Waals surface area (Å²) in [6.07, 6.45) is 0.854. The van der Waals surface area contributed by atoms with Crippen LogP contribution in [0.3, 0.4) is 0 Å². The van der Waals surface area contributed by atoms with Gasteiger partial charge in [-0.1, -0.05) is 0 Å². The molecule has 14 heavy (non-hydrogen) atoms. The van der Waals surface area contributed by atoms with Crippen LogP contribution in [0.4, 0.5) is 0 Å². The van der Waals surface area contributed by atoms with Crippen LogP contribution >= 0.6 is 11.3 Å². The van der Waals surface area contributed by atoms with Crippen molar-refractivity contribution in [3.05, 3.63) is 22.4 Å². The molecule has 0 spiro atoms. The molecule has 4 heteroatoms. The molecule has 3 nitrogen and oxygen atoms in total. The van der Waals surface area contributed by atoms with E-state index in [0.717, 1.165) is 6.42 Å². The van der Waals surface area contributed by atoms with E-state index in [0.29, 0.717) is 6.54 Å². The molecule has 2 rings (SSSR count). The number of thiophene rings is 1. The summed E-state index contributed by atoms with van der Waals surface area (Å²) in [6, 6.07) is 2.15. The molecular formula is C10H14N2OS. The Labute approximate surface area is 87.5 Å². The summed E-state index contributed by atoms with van der Waals surface area (Å²) in [5.41, 5.74) is 6.83. The molecule has 1 aliphatic carbocycles. The normalized spacial score (nSPS) is 24.7. The number of rotatable bonds is 3. The van der Waals surface area contributed by atoms with Crippen LogP contribution < -0.4 is 5.73 Å². The van der Waals surface area contributed by atoms with Crippen molar-refractivity contribution in [3.63, 3.8) is 0 Å². The summed E-state index contributed by atoms with van der Waals surface area (Å²) in [5, 5.41) is 4.09. The quantitative estimate of drug-likeness (QED) is 0.810. The molecular weight excluding hydrogens is 196 g/mol. The molecule has 1 aliphatic rings. The third-order valence-corrected chi connectivity index (χ3v) is 3.27. The van der Waals surface area contributed by atoms with Crippen molar-refractivity contribution in [1.29, 1.82) is 0 Å². The van der Waals surface area contributed by atoms with Gasteiger partial charge in [-0.15, -0.1) is 0 Å². The van der Waals surface area contributed by atoms with E-state index < -0.39 is 0 Å². The topological polar surface area (TPSA) is 46.3 Å². The van der Waals surface area contributed by atoms with Crippen molar-refractivity contribution >= 4 is 17.2 Å². The van der Waals surface area contributed by atoms with Gasteiger partial charge in [0.2, 0.25) is 5.91 Å². The van der Waals surface area contributed by atoms with E-state index in [1.807, 2.05) is 18.5 Å². The van der Waals surface area contributed by atoms with Crippen molar-refractivity contribution in [3.8, 4) is 0 Å². The molecule has 1 heterocycles. The van der Waals surface area contributed by atoms with E-state index in [-0.39, 0.29) is 17.9 Å². The minimum absolute atomic E-state index is 0.0821. The number of nitrogens with zero attached hydrogens (tertiary/aromatic N) is 1. The van der Waals surface area contributed by atoms with Crippen LogP contribution in [0.1, 0.15) is 12.0 Å². The van der Waals surface area contributed by atoms with Gasteiger partial charge in [-0.05, 0) is 28.8 Å². The predicted molar refractivity (Wildman–Crippen MR) is 56.9 cm³/mol. The number of hydrogen-bond acceptors (Lipinski definition) is 3. The Balaban J connectivity index is 1.89. The molecule has 0 radical (unpaired) electrons. The third kappa shape index (κ3) is 1.96. The summed E-state index contributed by atoms with van der Waals surface area (Å²) in [4.78, 5) is 13.5. The Kier molecular flexibility index (Phi) is 2.56. The fourth-order valence-electron chi connectivity index (χ4n) is 1.52. The number of carbonyl (C=O) groups is 1. The van der Waals surface area contributed by atoms with E-state index >= 15 is 0 Å². The first kappa shape index (κ1) is 9.68. The fraction of sp³-hybridized carbons (Fsp3) is 0.500. The van der Waals surface area contributed by atoms with Gasteiger partial charge in [0, 0.05) is 19.6 Å². The monoisotopic (exact) mass is 210 g/mol. The zero-order valence-corrected chi connectivity index (χ0v) is 8.96. The molecule has 0 saturated heterocycles. The molecule has 2 unspecified atom stereocenters. The Morgan fingerprint density at radius 3 is 3.00 bits per heavy atom. The highest BCUT2D eigenvalue weighted by molar-refractivity contribution is 7.07. The van der Waals surface area contributed by atoms with Gasteiger partial charge in [0.15, 0.2) is 0 Å². The number of nitrogens with two attached hydrogens (primary N) is 1. The Bertz CT molecular complexity index is 323. The molecule has 0 bridgehead atoms. The smallest absolute Gasteiger partial charge is 0.227 e. The van der Waals surface area contributed by atoms with Crippen LogP contribution in [-0.2, 0) is 11.3 Å². The standard InChI is InChI=1S/C10H14N2OS/c1-12(5-7-2-3-14-6-7)10(13)8-4-9(8)11/h2-3,6,8-9H,4-5,11H2,1H3. The van der Waals surface area contributed by atoms with Crippen LogP contribution in [0.15, 0.2) is 16.8 Å². The molecule has 76 valence electrons. The van der Waals surface area contributed by atoms with Gasteiger partial charge in [0.25, 0.3) is 0 Å². The lowest BCUT2D eigenvalue weighted by atomic mass is 10.3. The van der Waals surface area contributed by atoms with Crippen molar-refractivity contribution in [1.82, 2.24) is 4.90 Å². The first-order valence-electron chi connectivity index (χ1n) is 4.70. The summed E-state index contributed by atoms with van der Waals surface area (Å²) >= 11 is 1.66. The first-order valence-corrected chi connectivity index (χ1v) is 5.64. The highest BCUT2D eigenvalue weighted by Crippen LogP contribution is 2.29. The molecule has 2 atom stereocenters. The van der Waals surface area contributed by atoms with Crippen LogP contribution in [0.5, 0.6) is 0 Å². The second-order valence-corrected chi connectivity index (χ2v) is 4.61. The minimum Gasteiger partial charge on any atom is -0.341 e. The highest BCUT2D eigenvalue weighted by Gasteiger charge is 2.41. The minimum atomic E-state index is 0.0821. The molecule has 1 saturated carbocycles. The van der Waals surface area contributed by atoms with Crippen LogP contribution in [0, 0.1) is 5.92 Å². The van der Waals surface area contributed by atoms with Crippen LogP contribution in [-0.4, -0.2) is 23.9 Å². The molecule has 1 aromatic heterocycles. The van der Waals surface area contributed by atoms with E-state index in [4.69, 9.17) is 5.73 Å². The van der Waals surface area contributed by atoms with Gasteiger partial charge < -0.3 is 10.6 Å². The van der Waals surface area contributed by atoms with Gasteiger partial charge in [-0.3, -0.25) is 4.79 Å². The maximum Gasteiger partial charge on any atom is 0.227 e. The number of carbonyl (C=O) groups excluding carboxylic acids is 1. The van der Waals surface area contributed by atoms with Gasteiger partial charge >= 0.3 is 0 Å². The molecule has 0 aliphatic heterocycles. The second-order valence-electron chi connectivity index (χ2n) is 3.83. The number of hydrogen-bond donors (Lipinski definition) is 1. The van der Waals surface area contributed by atoms with Crippen molar-refractivity contribution < 1.29 is 4.79 Å². The van der Waals surface area contributed by atoms with Gasteiger partial charge in [-0.2, -0.15) is 11.3 Å². The van der Waals surface area contributed by atoms with E-state index in [9.17, 15) is 4.79 Å². The molecule has 2 N–H and O–H groups in total. The van der Waals surface area contributed by atoms with Crippen molar-refractivity contribution in [2.45, 2.75) is 19.0 Å². The van der Waals surface area contributed by atoms with Crippen molar-refractivity contribution in [2.24, 2.45) is 11.7 Å². The zero-order valence-electron chi connectivity index (χ0n) is 8.14. The maximum atomic E-state index is 11.7. The average molecular weight is 210 g/mol. The van der Waals surface area contributed by atoms with Gasteiger partial charge in [0.1, 0.15) is 0 Å². The maximum absolute atomic E-state index is 11.7. The lowest BCUT2D eigenvalue weighted by molar-refractivity contribution is -0.131. The second kappa shape index (κ2) is 3.71. The van der Waals surface area contributed by atoms with Crippen LogP contribution in [0.2, 0.25) is 0 Å². The molecule has 1 fully saturated rings. The van der Waals surface area contributed by atoms with Gasteiger partial charge in [0.05, 0.1) is 5.92 Å². The summed E-state index contributed by atoms with van der Waals surface area (Å²) in [5.74, 6) is 0.266. The summed E-state index contributed by atoms with van der Waals surface area (Å²) < 4.78 is 0. The average Bonchev–Trinajstić information content (AvgIpc) is 2.65. The SMILES string of the molecule is CN(Cc1ccsc1)C(=O)C1CC1N. The molecule has 1 amide bonds. The molecule has 0 aromatic carbocycles. The lowest BCUT2D eigenvalue weighted by Gasteiger charge is -2.16. The lowest BCUT2D eigenvalue weighted by Crippen LogP contribution is -2.29. The zero-order chi connectivity index (χ0) is 10.1. The largest absolute Gasteiger partial charge is 0.341 e. The van der Waals surface area contributed by atoms with E-state index in [1.165, 1.54) is 5.56 Å². The first-order chi connectivity index (χ1) is 6.68. The number of amides is 1. The Hall–Kier alpha value is -0.870. The summed E-state index contributed by atoms with van der Waals surface area (Å²) in [6.45, 7) is 0.700. The third-order valence-electron chi connectivity index (χ3n) is 2.53. The van der Waals surface area contributed by atoms with Crippen LogP contribution in [0.25, 0.3) is 0 Å².